The summed E-state index contributed by atoms with van der Waals surface area (Å²) in [6.45, 7) is 0.533. The molecule has 10 heteroatoms. The van der Waals surface area contributed by atoms with Gasteiger partial charge in [-0.25, -0.2) is 9.98 Å². The zero-order valence-electron chi connectivity index (χ0n) is 16.2. The average Bonchev–Trinajstić information content (AvgIpc) is 2.70. The number of carbonyl (C=O) groups excluding carboxylic acids is 1. The van der Waals surface area contributed by atoms with Crippen molar-refractivity contribution < 1.29 is 13.6 Å². The van der Waals surface area contributed by atoms with E-state index in [0.29, 0.717) is 22.4 Å². The Bertz CT molecular complexity index is 1100. The van der Waals surface area contributed by atoms with Gasteiger partial charge in [-0.05, 0) is 49.2 Å². The Morgan fingerprint density at radius 2 is 2.07 bits per heavy atom. The fraction of sp³-hybridized carbons (Fsp3) is 0.150. The third-order valence-corrected chi connectivity index (χ3v) is 4.30. The Morgan fingerprint density at radius 1 is 1.37 bits per heavy atom. The molecule has 8 nitrogen and oxygen atoms in total. The minimum atomic E-state index is -2.88. The number of nitrogens with two attached hydrogens (primary N) is 2. The fourth-order valence-corrected chi connectivity index (χ4v) is 2.51. The molecule has 0 aliphatic carbocycles. The highest BCUT2D eigenvalue weighted by Gasteiger charge is 2.16. The number of nitrogens with zero attached hydrogens (tertiary/aromatic N) is 3. The van der Waals surface area contributed by atoms with Crippen LogP contribution in [0.5, 0.6) is 0 Å². The van der Waals surface area contributed by atoms with Crippen LogP contribution >= 0.6 is 0 Å². The zero-order chi connectivity index (χ0) is 22.4. The van der Waals surface area contributed by atoms with E-state index < -0.39 is 12.5 Å². The summed E-state index contributed by atoms with van der Waals surface area (Å²) >= 11 is 0. The number of anilines is 2. The Morgan fingerprint density at radius 3 is 2.70 bits per heavy atom. The van der Waals surface area contributed by atoms with Crippen molar-refractivity contribution in [3.63, 3.8) is 0 Å². The van der Waals surface area contributed by atoms with Crippen LogP contribution in [0.2, 0.25) is 0 Å². The number of amides is 1. The second-order valence-electron chi connectivity index (χ2n) is 6.21. The molecule has 2 aromatic rings. The van der Waals surface area contributed by atoms with E-state index in [4.69, 9.17) is 22.1 Å². The molecule has 154 valence electrons. The molecule has 2 rings (SSSR count). The third-order valence-electron chi connectivity index (χ3n) is 4.30. The van der Waals surface area contributed by atoms with Gasteiger partial charge in [-0.15, -0.1) is 0 Å². The van der Waals surface area contributed by atoms with Crippen molar-refractivity contribution in [1.82, 2.24) is 4.98 Å². The van der Waals surface area contributed by atoms with E-state index in [2.05, 4.69) is 15.3 Å². The van der Waals surface area contributed by atoms with Gasteiger partial charge in [0.05, 0.1) is 17.0 Å². The standard InChI is InChI=1S/C20H19F2N7O/c1-10-11(2)18(28-9-12(10)8-23)19(30)29-13-3-4-15(24)14(7-13)17(26)16(25)5-6-27-20(21)22/h3-7,9,20,26H,24-25H2,1-2H3,(H,29,30)/b16-5-,26-17?,27-6+. The van der Waals surface area contributed by atoms with Crippen molar-refractivity contribution in [3.8, 4) is 6.07 Å². The monoisotopic (exact) mass is 411 g/mol. The largest absolute Gasteiger partial charge is 0.398 e. The lowest BCUT2D eigenvalue weighted by Crippen LogP contribution is -2.18. The number of nitrogens with one attached hydrogen (secondary N) is 2. The molecule has 0 saturated carbocycles. The van der Waals surface area contributed by atoms with Crippen molar-refractivity contribution in [2.24, 2.45) is 10.7 Å². The van der Waals surface area contributed by atoms with Crippen molar-refractivity contribution in [2.75, 3.05) is 11.1 Å². The number of hydrogen-bond donors (Lipinski definition) is 4. The normalized spacial score (nSPS) is 11.5. The predicted molar refractivity (Wildman–Crippen MR) is 111 cm³/mol. The van der Waals surface area contributed by atoms with Gasteiger partial charge < -0.3 is 16.8 Å². The summed E-state index contributed by atoms with van der Waals surface area (Å²) in [5.41, 5.74) is 13.8. The molecule has 0 spiro atoms. The van der Waals surface area contributed by atoms with E-state index in [-0.39, 0.29) is 28.4 Å². The molecule has 0 atom stereocenters. The van der Waals surface area contributed by atoms with Crippen LogP contribution in [0, 0.1) is 30.6 Å². The second kappa shape index (κ2) is 9.38. The van der Waals surface area contributed by atoms with Gasteiger partial charge in [0.15, 0.2) is 0 Å². The van der Waals surface area contributed by atoms with Gasteiger partial charge in [-0.2, -0.15) is 14.0 Å². The van der Waals surface area contributed by atoms with E-state index in [0.717, 1.165) is 12.3 Å². The van der Waals surface area contributed by atoms with Crippen molar-refractivity contribution in [1.29, 1.82) is 10.7 Å². The van der Waals surface area contributed by atoms with E-state index in [1.54, 1.807) is 13.8 Å². The van der Waals surface area contributed by atoms with Gasteiger partial charge in [0, 0.05) is 29.3 Å². The molecular weight excluding hydrogens is 392 g/mol. The van der Waals surface area contributed by atoms with Crippen LogP contribution in [0.15, 0.2) is 41.2 Å². The summed E-state index contributed by atoms with van der Waals surface area (Å²) in [5, 5.41) is 19.9. The summed E-state index contributed by atoms with van der Waals surface area (Å²) in [4.78, 5) is 19.5. The number of aliphatic imine (C=N–C) groups is 1. The smallest absolute Gasteiger partial charge is 0.331 e. The average molecular weight is 411 g/mol. The van der Waals surface area contributed by atoms with E-state index in [9.17, 15) is 13.6 Å². The molecule has 1 aromatic carbocycles. The molecular formula is C20H19F2N7O. The third kappa shape index (κ3) is 5.02. The van der Waals surface area contributed by atoms with Gasteiger partial charge in [0.1, 0.15) is 11.8 Å². The quantitative estimate of drug-likeness (QED) is 0.327. The first-order valence-corrected chi connectivity index (χ1v) is 8.59. The van der Waals surface area contributed by atoms with Gasteiger partial charge in [-0.3, -0.25) is 10.2 Å². The van der Waals surface area contributed by atoms with Crippen LogP contribution in [0.25, 0.3) is 0 Å². The molecule has 0 unspecified atom stereocenters. The van der Waals surface area contributed by atoms with Crippen LogP contribution in [0.3, 0.4) is 0 Å². The number of halogens is 2. The maximum Gasteiger partial charge on any atom is 0.331 e. The molecule has 30 heavy (non-hydrogen) atoms. The summed E-state index contributed by atoms with van der Waals surface area (Å²) < 4.78 is 24.2. The number of carbonyl (C=O) groups is 1. The minimum Gasteiger partial charge on any atom is -0.398 e. The molecule has 0 fully saturated rings. The summed E-state index contributed by atoms with van der Waals surface area (Å²) in [7, 11) is 0. The van der Waals surface area contributed by atoms with Crippen LogP contribution in [0.1, 0.15) is 32.7 Å². The van der Waals surface area contributed by atoms with Crippen LogP contribution < -0.4 is 16.8 Å². The fourth-order valence-electron chi connectivity index (χ4n) is 2.51. The van der Waals surface area contributed by atoms with E-state index >= 15 is 0 Å². The maximum atomic E-state index is 12.6. The number of nitrogen functional groups attached to an aromatic ring is 1. The Labute approximate surface area is 171 Å². The lowest BCUT2D eigenvalue weighted by atomic mass is 10.0. The zero-order valence-corrected chi connectivity index (χ0v) is 16.2. The Kier molecular flexibility index (Phi) is 6.93. The highest BCUT2D eigenvalue weighted by atomic mass is 19.3. The molecule has 0 aliphatic heterocycles. The molecule has 1 heterocycles. The number of rotatable bonds is 6. The van der Waals surface area contributed by atoms with Crippen LogP contribution in [-0.2, 0) is 0 Å². The van der Waals surface area contributed by atoms with Crippen LogP contribution in [0.4, 0.5) is 20.2 Å². The summed E-state index contributed by atoms with van der Waals surface area (Å²) in [6, 6.07) is 6.46. The number of aromatic nitrogens is 1. The SMILES string of the molecule is Cc1c(C#N)cnc(C(=O)Nc2ccc(N)c(C(=N)/C(N)=C/C=N/C(F)F)c2)c1C. The molecule has 0 radical (unpaired) electrons. The second-order valence-corrected chi connectivity index (χ2v) is 6.21. The topological polar surface area (TPSA) is 154 Å². The van der Waals surface area contributed by atoms with Gasteiger partial charge >= 0.3 is 6.55 Å². The first-order valence-electron chi connectivity index (χ1n) is 8.59. The van der Waals surface area contributed by atoms with Gasteiger partial charge in [0.25, 0.3) is 5.91 Å². The lowest BCUT2D eigenvalue weighted by molar-refractivity contribution is 0.102. The van der Waals surface area contributed by atoms with Gasteiger partial charge in [-0.1, -0.05) is 0 Å². The maximum absolute atomic E-state index is 12.6. The predicted octanol–water partition coefficient (Wildman–Crippen LogP) is 2.91. The first-order chi connectivity index (χ1) is 14.1. The van der Waals surface area contributed by atoms with Crippen LogP contribution in [-0.4, -0.2) is 29.4 Å². The highest BCUT2D eigenvalue weighted by Crippen LogP contribution is 2.22. The number of pyridine rings is 1. The lowest BCUT2D eigenvalue weighted by Gasteiger charge is -2.12. The molecule has 0 bridgehead atoms. The number of nitriles is 1. The van der Waals surface area contributed by atoms with Crippen molar-refractivity contribution in [3.05, 3.63) is 64.1 Å². The molecule has 1 aromatic heterocycles. The Balaban J connectivity index is 2.29. The highest BCUT2D eigenvalue weighted by molar-refractivity contribution is 6.15. The number of allylic oxidation sites excluding steroid dienone is 2. The van der Waals surface area contributed by atoms with Gasteiger partial charge in [0.2, 0.25) is 0 Å². The van der Waals surface area contributed by atoms with E-state index in [1.165, 1.54) is 24.4 Å². The minimum absolute atomic E-state index is 0.130. The first kappa shape index (κ1) is 22.2. The number of alkyl halides is 2. The molecule has 6 N–H and O–H groups in total. The molecule has 1 amide bonds. The Hall–Kier alpha value is -4.13. The number of benzene rings is 1. The van der Waals surface area contributed by atoms with E-state index in [1.807, 2.05) is 6.07 Å². The van der Waals surface area contributed by atoms with Crippen molar-refractivity contribution in [2.45, 2.75) is 20.4 Å². The molecule has 0 saturated heterocycles. The molecule has 0 aliphatic rings. The summed E-state index contributed by atoms with van der Waals surface area (Å²) in [6.07, 6.45) is 3.19. The number of hydrogen-bond acceptors (Lipinski definition) is 7. The van der Waals surface area contributed by atoms with Crippen molar-refractivity contribution >= 4 is 29.2 Å². The summed E-state index contributed by atoms with van der Waals surface area (Å²) in [5.74, 6) is -0.505.